The van der Waals surface area contributed by atoms with Crippen molar-refractivity contribution in [3.05, 3.63) is 35.9 Å². The van der Waals surface area contributed by atoms with Crippen LogP contribution in [-0.4, -0.2) is 25.9 Å². The maximum Gasteiger partial charge on any atom is 0.203 e. The Bertz CT molecular complexity index is 993. The Morgan fingerprint density at radius 1 is 0.962 bits per heavy atom. The van der Waals surface area contributed by atoms with Crippen molar-refractivity contribution in [2.75, 3.05) is 27.1 Å². The van der Waals surface area contributed by atoms with E-state index in [9.17, 15) is 5.26 Å². The Kier molecular flexibility index (Phi) is 4.50. The molecule has 0 aliphatic rings. The largest absolute Gasteiger partial charge is 0.493 e. The molecule has 0 amide bonds. The molecule has 134 valence electrons. The van der Waals surface area contributed by atoms with E-state index in [0.717, 1.165) is 10.9 Å². The van der Waals surface area contributed by atoms with Gasteiger partial charge in [-0.05, 0) is 18.2 Å². The molecule has 0 radical (unpaired) electrons. The van der Waals surface area contributed by atoms with E-state index in [2.05, 4.69) is 6.07 Å². The van der Waals surface area contributed by atoms with E-state index in [1.54, 1.807) is 37.0 Å². The van der Waals surface area contributed by atoms with Crippen LogP contribution in [0.3, 0.4) is 0 Å². The molecule has 0 saturated carbocycles. The van der Waals surface area contributed by atoms with Crippen LogP contribution < -0.4 is 24.7 Å². The van der Waals surface area contributed by atoms with Crippen molar-refractivity contribution in [3.63, 3.8) is 0 Å². The van der Waals surface area contributed by atoms with Gasteiger partial charge >= 0.3 is 0 Å². The number of rotatable bonds is 5. The summed E-state index contributed by atoms with van der Waals surface area (Å²) in [6.07, 6.45) is 0. The minimum atomic E-state index is 0.424. The molecule has 2 N–H and O–H groups in total. The molecule has 7 heteroatoms. The van der Waals surface area contributed by atoms with Gasteiger partial charge in [0.05, 0.1) is 26.8 Å². The number of nitriles is 1. The summed E-state index contributed by atoms with van der Waals surface area (Å²) in [5.41, 5.74) is 7.28. The molecule has 3 rings (SSSR count). The molecule has 0 atom stereocenters. The van der Waals surface area contributed by atoms with Crippen LogP contribution in [0.15, 0.2) is 30.3 Å². The first-order chi connectivity index (χ1) is 12.5. The van der Waals surface area contributed by atoms with Crippen molar-refractivity contribution in [2.24, 2.45) is 7.05 Å². The van der Waals surface area contributed by atoms with Crippen molar-refractivity contribution in [1.82, 2.24) is 4.57 Å². The smallest absolute Gasteiger partial charge is 0.203 e. The minimum Gasteiger partial charge on any atom is -0.493 e. The standard InChI is InChI=1S/C19H19N3O4/c1-22-15-6-5-11(7-13(15)14(10-20)19(22)21)26-12-8-16(23-2)18(25-4)17(9-12)24-3/h5-9H,21H2,1-4H3. The molecule has 0 bridgehead atoms. The fourth-order valence-corrected chi connectivity index (χ4v) is 2.88. The van der Waals surface area contributed by atoms with Gasteiger partial charge in [0, 0.05) is 24.6 Å². The molecule has 1 aromatic heterocycles. The molecule has 7 nitrogen and oxygen atoms in total. The van der Waals surface area contributed by atoms with Gasteiger partial charge in [0.25, 0.3) is 0 Å². The summed E-state index contributed by atoms with van der Waals surface area (Å²) in [4.78, 5) is 0. The van der Waals surface area contributed by atoms with Crippen LogP contribution in [0, 0.1) is 11.3 Å². The Hall–Kier alpha value is -3.53. The molecule has 2 aromatic carbocycles. The Balaban J connectivity index is 2.05. The lowest BCUT2D eigenvalue weighted by atomic mass is 10.1. The Morgan fingerprint density at radius 3 is 2.15 bits per heavy atom. The molecule has 0 fully saturated rings. The quantitative estimate of drug-likeness (QED) is 0.755. The van der Waals surface area contributed by atoms with Gasteiger partial charge in [-0.25, -0.2) is 0 Å². The molecular weight excluding hydrogens is 334 g/mol. The van der Waals surface area contributed by atoms with E-state index in [1.807, 2.05) is 19.2 Å². The van der Waals surface area contributed by atoms with Gasteiger partial charge in [0.15, 0.2) is 11.5 Å². The molecule has 0 saturated heterocycles. The van der Waals surface area contributed by atoms with Crippen LogP contribution in [0.1, 0.15) is 5.56 Å². The zero-order chi connectivity index (χ0) is 18.8. The van der Waals surface area contributed by atoms with Gasteiger partial charge in [-0.15, -0.1) is 0 Å². The lowest BCUT2D eigenvalue weighted by Gasteiger charge is -2.14. The average Bonchev–Trinajstić information content (AvgIpc) is 2.90. The van der Waals surface area contributed by atoms with Gasteiger partial charge in [0.1, 0.15) is 28.9 Å². The number of nitrogen functional groups attached to an aromatic ring is 1. The number of aromatic nitrogens is 1. The second-order valence-electron chi connectivity index (χ2n) is 5.57. The summed E-state index contributed by atoms with van der Waals surface area (Å²) in [5, 5.41) is 10.1. The van der Waals surface area contributed by atoms with Crippen molar-refractivity contribution in [2.45, 2.75) is 0 Å². The van der Waals surface area contributed by atoms with Crippen LogP contribution in [0.2, 0.25) is 0 Å². The third-order valence-corrected chi connectivity index (χ3v) is 4.20. The summed E-state index contributed by atoms with van der Waals surface area (Å²) < 4.78 is 23.7. The monoisotopic (exact) mass is 353 g/mol. The summed E-state index contributed by atoms with van der Waals surface area (Å²) in [6, 6.07) is 11.0. The van der Waals surface area contributed by atoms with Crippen LogP contribution in [0.25, 0.3) is 10.9 Å². The molecule has 0 aliphatic heterocycles. The van der Waals surface area contributed by atoms with E-state index in [0.29, 0.717) is 40.1 Å². The molecule has 0 spiro atoms. The van der Waals surface area contributed by atoms with Gasteiger partial charge in [-0.2, -0.15) is 5.26 Å². The predicted octanol–water partition coefficient (Wildman–Crippen LogP) is 3.45. The van der Waals surface area contributed by atoms with Gasteiger partial charge in [-0.3, -0.25) is 0 Å². The number of hydrogen-bond donors (Lipinski definition) is 1. The number of hydrogen-bond acceptors (Lipinski definition) is 6. The van der Waals surface area contributed by atoms with Crippen molar-refractivity contribution in [3.8, 4) is 34.8 Å². The van der Waals surface area contributed by atoms with Gasteiger partial charge in [0.2, 0.25) is 5.75 Å². The highest BCUT2D eigenvalue weighted by atomic mass is 16.5. The molecule has 0 aliphatic carbocycles. The van der Waals surface area contributed by atoms with E-state index >= 15 is 0 Å². The third-order valence-electron chi connectivity index (χ3n) is 4.20. The number of methoxy groups -OCH3 is 3. The number of ether oxygens (including phenoxy) is 4. The first kappa shape index (κ1) is 17.3. The summed E-state index contributed by atoms with van der Waals surface area (Å²) in [7, 11) is 6.44. The molecule has 3 aromatic rings. The Morgan fingerprint density at radius 2 is 1.62 bits per heavy atom. The molecule has 26 heavy (non-hydrogen) atoms. The molecule has 1 heterocycles. The highest BCUT2D eigenvalue weighted by molar-refractivity contribution is 5.93. The number of benzene rings is 2. The highest BCUT2D eigenvalue weighted by Gasteiger charge is 2.16. The topological polar surface area (TPSA) is 91.7 Å². The lowest BCUT2D eigenvalue weighted by molar-refractivity contribution is 0.321. The van der Waals surface area contributed by atoms with Gasteiger partial charge in [-0.1, -0.05) is 0 Å². The summed E-state index contributed by atoms with van der Waals surface area (Å²) in [5.74, 6) is 2.97. The minimum absolute atomic E-state index is 0.424. The maximum absolute atomic E-state index is 9.37. The van der Waals surface area contributed by atoms with E-state index in [-0.39, 0.29) is 0 Å². The van der Waals surface area contributed by atoms with Gasteiger partial charge < -0.3 is 29.2 Å². The van der Waals surface area contributed by atoms with Crippen molar-refractivity contribution in [1.29, 1.82) is 5.26 Å². The second-order valence-corrected chi connectivity index (χ2v) is 5.57. The number of aryl methyl sites for hydroxylation is 1. The normalized spacial score (nSPS) is 10.4. The number of nitrogens with two attached hydrogens (primary N) is 1. The van der Waals surface area contributed by atoms with Crippen molar-refractivity contribution < 1.29 is 18.9 Å². The number of anilines is 1. The average molecular weight is 353 g/mol. The Labute approximate surface area is 151 Å². The third kappa shape index (κ3) is 2.71. The number of fused-ring (bicyclic) bond motifs is 1. The van der Waals surface area contributed by atoms with Crippen LogP contribution in [0.4, 0.5) is 5.82 Å². The van der Waals surface area contributed by atoms with Crippen LogP contribution in [0.5, 0.6) is 28.7 Å². The first-order valence-electron chi connectivity index (χ1n) is 7.79. The van der Waals surface area contributed by atoms with E-state index in [4.69, 9.17) is 24.7 Å². The summed E-state index contributed by atoms with van der Waals surface area (Å²) >= 11 is 0. The summed E-state index contributed by atoms with van der Waals surface area (Å²) in [6.45, 7) is 0. The lowest BCUT2D eigenvalue weighted by Crippen LogP contribution is -1.96. The highest BCUT2D eigenvalue weighted by Crippen LogP contribution is 2.42. The zero-order valence-corrected chi connectivity index (χ0v) is 15.0. The zero-order valence-electron chi connectivity index (χ0n) is 15.0. The fourth-order valence-electron chi connectivity index (χ4n) is 2.88. The maximum atomic E-state index is 9.37. The molecular formula is C19H19N3O4. The molecule has 0 unspecified atom stereocenters. The van der Waals surface area contributed by atoms with Crippen LogP contribution in [-0.2, 0) is 7.05 Å². The first-order valence-corrected chi connectivity index (χ1v) is 7.79. The van der Waals surface area contributed by atoms with Crippen LogP contribution >= 0.6 is 0 Å². The number of nitrogens with zero attached hydrogens (tertiary/aromatic N) is 2. The van der Waals surface area contributed by atoms with E-state index in [1.165, 1.54) is 7.11 Å². The predicted molar refractivity (Wildman–Crippen MR) is 98.2 cm³/mol. The second kappa shape index (κ2) is 6.76. The fraction of sp³-hybridized carbons (Fsp3) is 0.211. The SMILES string of the molecule is COc1cc(Oc2ccc3c(c2)c(C#N)c(N)n3C)cc(OC)c1OC. The van der Waals surface area contributed by atoms with E-state index < -0.39 is 0 Å². The van der Waals surface area contributed by atoms with Crippen molar-refractivity contribution >= 4 is 16.7 Å².